The van der Waals surface area contributed by atoms with Crippen LogP contribution in [0.25, 0.3) is 0 Å². The minimum Gasteiger partial charge on any atom is -0.483 e. The van der Waals surface area contributed by atoms with Gasteiger partial charge in [0, 0.05) is 12.4 Å². The molecular formula is C16H16BrN3O2. The van der Waals surface area contributed by atoms with E-state index >= 15 is 0 Å². The number of aryl methyl sites for hydroxylation is 1. The Bertz CT molecular complexity index is 660. The largest absolute Gasteiger partial charge is 0.483 e. The van der Waals surface area contributed by atoms with Crippen LogP contribution in [0.3, 0.4) is 0 Å². The van der Waals surface area contributed by atoms with Gasteiger partial charge in [0.25, 0.3) is 5.91 Å². The molecule has 2 rings (SSSR count). The molecule has 0 saturated heterocycles. The Hall–Kier alpha value is -2.21. The highest BCUT2D eigenvalue weighted by atomic mass is 79.9. The van der Waals surface area contributed by atoms with Crippen LogP contribution in [0.5, 0.6) is 5.75 Å². The number of nitrogens with zero attached hydrogens (tertiary/aromatic N) is 2. The monoisotopic (exact) mass is 361 g/mol. The highest BCUT2D eigenvalue weighted by Crippen LogP contribution is 2.26. The SMILES string of the molecule is CCc1ccc(OCC(=O)N/N=C/c2ccncc2)c(Br)c1. The third kappa shape index (κ3) is 4.96. The number of hydrogen-bond acceptors (Lipinski definition) is 4. The fourth-order valence-electron chi connectivity index (χ4n) is 1.69. The van der Waals surface area contributed by atoms with Gasteiger partial charge in [-0.3, -0.25) is 9.78 Å². The lowest BCUT2D eigenvalue weighted by Gasteiger charge is -2.08. The van der Waals surface area contributed by atoms with Crippen molar-refractivity contribution in [2.45, 2.75) is 13.3 Å². The normalized spacial score (nSPS) is 10.6. The summed E-state index contributed by atoms with van der Waals surface area (Å²) in [6.45, 7) is 1.98. The van der Waals surface area contributed by atoms with E-state index in [9.17, 15) is 4.79 Å². The highest BCUT2D eigenvalue weighted by Gasteiger charge is 2.05. The van der Waals surface area contributed by atoms with E-state index in [1.165, 1.54) is 5.56 Å². The lowest BCUT2D eigenvalue weighted by atomic mass is 10.2. The number of pyridine rings is 1. The second-order valence-electron chi connectivity index (χ2n) is 4.48. The van der Waals surface area contributed by atoms with Crippen LogP contribution in [0.1, 0.15) is 18.1 Å². The third-order valence-corrected chi connectivity index (χ3v) is 3.49. The number of ether oxygens (including phenoxy) is 1. The molecule has 0 fully saturated rings. The quantitative estimate of drug-likeness (QED) is 0.635. The summed E-state index contributed by atoms with van der Waals surface area (Å²) in [5.74, 6) is 0.308. The summed E-state index contributed by atoms with van der Waals surface area (Å²) in [5.41, 5.74) is 4.47. The maximum atomic E-state index is 11.7. The van der Waals surface area contributed by atoms with Crippen molar-refractivity contribution in [2.24, 2.45) is 5.10 Å². The molecular weight excluding hydrogens is 346 g/mol. The first-order chi connectivity index (χ1) is 10.7. The van der Waals surface area contributed by atoms with Crippen molar-refractivity contribution in [1.29, 1.82) is 0 Å². The molecule has 0 spiro atoms. The van der Waals surface area contributed by atoms with Crippen LogP contribution in [-0.2, 0) is 11.2 Å². The van der Waals surface area contributed by atoms with E-state index in [4.69, 9.17) is 4.74 Å². The average molecular weight is 362 g/mol. The number of carbonyl (C=O) groups is 1. The van der Waals surface area contributed by atoms with Gasteiger partial charge >= 0.3 is 0 Å². The van der Waals surface area contributed by atoms with E-state index in [0.717, 1.165) is 16.5 Å². The van der Waals surface area contributed by atoms with Crippen LogP contribution in [0.15, 0.2) is 52.3 Å². The molecule has 5 nitrogen and oxygen atoms in total. The third-order valence-electron chi connectivity index (χ3n) is 2.87. The fraction of sp³-hybridized carbons (Fsp3) is 0.188. The Morgan fingerprint density at radius 2 is 2.14 bits per heavy atom. The summed E-state index contributed by atoms with van der Waals surface area (Å²) in [5, 5.41) is 3.86. The van der Waals surface area contributed by atoms with Crippen molar-refractivity contribution in [3.05, 3.63) is 58.3 Å². The number of hydrogen-bond donors (Lipinski definition) is 1. The second-order valence-corrected chi connectivity index (χ2v) is 5.34. The van der Waals surface area contributed by atoms with Gasteiger partial charge in [-0.15, -0.1) is 0 Å². The van der Waals surface area contributed by atoms with Crippen molar-refractivity contribution in [2.75, 3.05) is 6.61 Å². The number of rotatable bonds is 6. The van der Waals surface area contributed by atoms with Crippen molar-refractivity contribution in [3.8, 4) is 5.75 Å². The standard InChI is InChI=1S/C16H16BrN3O2/c1-2-12-3-4-15(14(17)9-12)22-11-16(21)20-19-10-13-5-7-18-8-6-13/h3-10H,2,11H2,1H3,(H,20,21)/b19-10+. The first-order valence-electron chi connectivity index (χ1n) is 6.82. The van der Waals surface area contributed by atoms with Crippen molar-refractivity contribution >= 4 is 28.1 Å². The lowest BCUT2D eigenvalue weighted by Crippen LogP contribution is -2.24. The van der Waals surface area contributed by atoms with Crippen LogP contribution < -0.4 is 10.2 Å². The first-order valence-corrected chi connectivity index (χ1v) is 7.61. The Morgan fingerprint density at radius 3 is 2.82 bits per heavy atom. The van der Waals surface area contributed by atoms with E-state index in [2.05, 4.69) is 38.4 Å². The maximum absolute atomic E-state index is 11.7. The molecule has 1 aromatic carbocycles. The smallest absolute Gasteiger partial charge is 0.277 e. The average Bonchev–Trinajstić information content (AvgIpc) is 2.54. The number of halogens is 1. The van der Waals surface area contributed by atoms with Crippen LogP contribution in [0.4, 0.5) is 0 Å². The minimum absolute atomic E-state index is 0.0994. The molecule has 22 heavy (non-hydrogen) atoms. The first kappa shape index (κ1) is 16.2. The molecule has 1 amide bonds. The predicted octanol–water partition coefficient (Wildman–Crippen LogP) is 2.94. The molecule has 1 heterocycles. The summed E-state index contributed by atoms with van der Waals surface area (Å²) >= 11 is 3.43. The summed E-state index contributed by atoms with van der Waals surface area (Å²) in [6.07, 6.45) is 5.81. The van der Waals surface area contributed by atoms with Gasteiger partial charge in [-0.05, 0) is 57.7 Å². The van der Waals surface area contributed by atoms with Crippen LogP contribution in [-0.4, -0.2) is 23.7 Å². The minimum atomic E-state index is -0.322. The van der Waals surface area contributed by atoms with E-state index < -0.39 is 0 Å². The van der Waals surface area contributed by atoms with Gasteiger partial charge in [0.15, 0.2) is 6.61 Å². The Balaban J connectivity index is 1.82. The molecule has 0 aliphatic carbocycles. The van der Waals surface area contributed by atoms with E-state index in [0.29, 0.717) is 5.75 Å². The zero-order chi connectivity index (χ0) is 15.8. The Kier molecular flexibility index (Phi) is 6.09. The lowest BCUT2D eigenvalue weighted by molar-refractivity contribution is -0.123. The number of amides is 1. The summed E-state index contributed by atoms with van der Waals surface area (Å²) in [4.78, 5) is 15.6. The van der Waals surface area contributed by atoms with Crippen molar-refractivity contribution < 1.29 is 9.53 Å². The van der Waals surface area contributed by atoms with Gasteiger partial charge in [0.2, 0.25) is 0 Å². The van der Waals surface area contributed by atoms with E-state index in [1.807, 2.05) is 18.2 Å². The summed E-state index contributed by atoms with van der Waals surface area (Å²) in [6, 6.07) is 9.38. The summed E-state index contributed by atoms with van der Waals surface area (Å²) in [7, 11) is 0. The van der Waals surface area contributed by atoms with E-state index in [-0.39, 0.29) is 12.5 Å². The molecule has 0 saturated carbocycles. The van der Waals surface area contributed by atoms with Crippen molar-refractivity contribution in [1.82, 2.24) is 10.4 Å². The van der Waals surface area contributed by atoms with Crippen LogP contribution in [0, 0.1) is 0 Å². The Morgan fingerprint density at radius 1 is 1.36 bits per heavy atom. The number of carbonyl (C=O) groups excluding carboxylic acids is 1. The molecule has 0 radical (unpaired) electrons. The number of aromatic nitrogens is 1. The molecule has 0 aliphatic rings. The molecule has 1 N–H and O–H groups in total. The van der Waals surface area contributed by atoms with Crippen molar-refractivity contribution in [3.63, 3.8) is 0 Å². The fourth-order valence-corrected chi connectivity index (χ4v) is 2.23. The topological polar surface area (TPSA) is 63.6 Å². The molecule has 1 aromatic heterocycles. The zero-order valence-electron chi connectivity index (χ0n) is 12.1. The molecule has 6 heteroatoms. The van der Waals surface area contributed by atoms with Gasteiger partial charge in [0.1, 0.15) is 5.75 Å². The van der Waals surface area contributed by atoms with Crippen LogP contribution in [0.2, 0.25) is 0 Å². The van der Waals surface area contributed by atoms with E-state index in [1.54, 1.807) is 30.7 Å². The molecule has 0 unspecified atom stereocenters. The summed E-state index contributed by atoms with van der Waals surface area (Å²) < 4.78 is 6.29. The van der Waals surface area contributed by atoms with Crippen LogP contribution >= 0.6 is 15.9 Å². The van der Waals surface area contributed by atoms with Gasteiger partial charge in [-0.25, -0.2) is 5.43 Å². The molecule has 0 bridgehead atoms. The number of benzene rings is 1. The predicted molar refractivity (Wildman–Crippen MR) is 89.0 cm³/mol. The molecule has 0 aliphatic heterocycles. The molecule has 114 valence electrons. The zero-order valence-corrected chi connectivity index (χ0v) is 13.7. The Labute approximate surface area is 137 Å². The van der Waals surface area contributed by atoms with Gasteiger partial charge in [-0.1, -0.05) is 13.0 Å². The molecule has 2 aromatic rings. The van der Waals surface area contributed by atoms with Gasteiger partial charge < -0.3 is 4.74 Å². The highest BCUT2D eigenvalue weighted by molar-refractivity contribution is 9.10. The molecule has 0 atom stereocenters. The maximum Gasteiger partial charge on any atom is 0.277 e. The number of hydrazone groups is 1. The number of nitrogens with one attached hydrogen (secondary N) is 1. The second kappa shape index (κ2) is 8.29. The van der Waals surface area contributed by atoms with Gasteiger partial charge in [-0.2, -0.15) is 5.10 Å². The van der Waals surface area contributed by atoms with Gasteiger partial charge in [0.05, 0.1) is 10.7 Å².